The van der Waals surface area contributed by atoms with Gasteiger partial charge in [-0.05, 0) is 6.92 Å². The second kappa shape index (κ2) is 6.31. The molecule has 16 heavy (non-hydrogen) atoms. The van der Waals surface area contributed by atoms with Crippen molar-refractivity contribution in [2.45, 2.75) is 13.1 Å². The minimum atomic E-state index is -4.53. The average Bonchev–Trinajstić information content (AvgIpc) is 1.98. The predicted molar refractivity (Wildman–Crippen MR) is 48.8 cm³/mol. The van der Waals surface area contributed by atoms with E-state index in [1.807, 2.05) is 0 Å². The van der Waals surface area contributed by atoms with Gasteiger partial charge >= 0.3 is 12.1 Å². The summed E-state index contributed by atoms with van der Waals surface area (Å²) in [5, 5.41) is 10.7. The van der Waals surface area contributed by atoms with Gasteiger partial charge in [0.1, 0.15) is 0 Å². The lowest BCUT2D eigenvalue weighted by Gasteiger charge is -2.20. The molecule has 0 saturated heterocycles. The van der Waals surface area contributed by atoms with Crippen LogP contribution in [0.1, 0.15) is 6.92 Å². The highest BCUT2D eigenvalue weighted by Crippen LogP contribution is 2.15. The molecule has 0 radical (unpaired) electrons. The zero-order valence-electron chi connectivity index (χ0n) is 8.67. The first-order valence-electron chi connectivity index (χ1n) is 4.52. The molecular formula is C8H13F3N2O3. The van der Waals surface area contributed by atoms with Crippen LogP contribution >= 0.6 is 0 Å². The SMILES string of the molecule is CCNC(=O)CN(CC(=O)O)CC(F)(F)F. The molecule has 0 fully saturated rings. The molecule has 5 nitrogen and oxygen atoms in total. The third kappa shape index (κ3) is 8.04. The number of carbonyl (C=O) groups is 2. The summed E-state index contributed by atoms with van der Waals surface area (Å²) < 4.78 is 36.1. The van der Waals surface area contributed by atoms with E-state index >= 15 is 0 Å². The van der Waals surface area contributed by atoms with E-state index in [2.05, 4.69) is 5.32 Å². The van der Waals surface area contributed by atoms with E-state index in [-0.39, 0.29) is 6.54 Å². The molecule has 0 atom stereocenters. The number of halogens is 3. The molecule has 0 aromatic heterocycles. The first kappa shape index (κ1) is 14.7. The lowest BCUT2D eigenvalue weighted by molar-refractivity contribution is -0.155. The quantitative estimate of drug-likeness (QED) is 0.691. The molecule has 0 unspecified atom stereocenters. The smallest absolute Gasteiger partial charge is 0.401 e. The molecule has 8 heteroatoms. The van der Waals surface area contributed by atoms with Crippen LogP contribution in [0.2, 0.25) is 0 Å². The average molecular weight is 242 g/mol. The van der Waals surface area contributed by atoms with Gasteiger partial charge in [0.15, 0.2) is 0 Å². The van der Waals surface area contributed by atoms with Crippen molar-refractivity contribution in [3.63, 3.8) is 0 Å². The van der Waals surface area contributed by atoms with Crippen molar-refractivity contribution in [3.8, 4) is 0 Å². The van der Waals surface area contributed by atoms with Gasteiger partial charge in [0.25, 0.3) is 0 Å². The van der Waals surface area contributed by atoms with E-state index in [0.29, 0.717) is 4.90 Å². The molecule has 0 aliphatic rings. The van der Waals surface area contributed by atoms with E-state index in [0.717, 1.165) is 0 Å². The Morgan fingerprint density at radius 2 is 1.88 bits per heavy atom. The normalized spacial score (nSPS) is 11.6. The number of hydrogen-bond donors (Lipinski definition) is 2. The van der Waals surface area contributed by atoms with Crippen LogP contribution in [0.4, 0.5) is 13.2 Å². The number of nitrogens with zero attached hydrogens (tertiary/aromatic N) is 1. The summed E-state index contributed by atoms with van der Waals surface area (Å²) in [5.41, 5.74) is 0. The lowest BCUT2D eigenvalue weighted by atomic mass is 10.4. The highest BCUT2D eigenvalue weighted by atomic mass is 19.4. The number of hydrogen-bond acceptors (Lipinski definition) is 3. The van der Waals surface area contributed by atoms with Crippen molar-refractivity contribution < 1.29 is 27.9 Å². The Bertz CT molecular complexity index is 255. The fourth-order valence-corrected chi connectivity index (χ4v) is 1.07. The number of likely N-dealkylation sites (N-methyl/N-ethyl adjacent to an activating group) is 1. The lowest BCUT2D eigenvalue weighted by Crippen LogP contribution is -2.44. The molecule has 0 heterocycles. The Morgan fingerprint density at radius 3 is 2.25 bits per heavy atom. The number of carboxylic acids is 1. The molecule has 0 aromatic rings. The topological polar surface area (TPSA) is 69.6 Å². The largest absolute Gasteiger partial charge is 0.480 e. The van der Waals surface area contributed by atoms with Crippen LogP contribution in [0.3, 0.4) is 0 Å². The van der Waals surface area contributed by atoms with Crippen molar-refractivity contribution in [2.75, 3.05) is 26.2 Å². The summed E-state index contributed by atoms with van der Waals surface area (Å²) in [7, 11) is 0. The van der Waals surface area contributed by atoms with E-state index < -0.39 is 37.7 Å². The minimum absolute atomic E-state index is 0.283. The second-order valence-electron chi connectivity index (χ2n) is 3.11. The van der Waals surface area contributed by atoms with Crippen LogP contribution in [0.25, 0.3) is 0 Å². The maximum absolute atomic E-state index is 12.0. The van der Waals surface area contributed by atoms with Gasteiger partial charge in [-0.1, -0.05) is 0 Å². The summed E-state index contributed by atoms with van der Waals surface area (Å²) in [6.45, 7) is -0.929. The monoisotopic (exact) mass is 242 g/mol. The van der Waals surface area contributed by atoms with Crippen LogP contribution in [-0.4, -0.2) is 54.2 Å². The Hall–Kier alpha value is -1.31. The van der Waals surface area contributed by atoms with E-state index in [9.17, 15) is 22.8 Å². The van der Waals surface area contributed by atoms with Gasteiger partial charge < -0.3 is 10.4 Å². The third-order valence-corrected chi connectivity index (χ3v) is 1.50. The molecular weight excluding hydrogens is 229 g/mol. The van der Waals surface area contributed by atoms with Crippen molar-refractivity contribution in [2.24, 2.45) is 0 Å². The van der Waals surface area contributed by atoms with Crippen LogP contribution < -0.4 is 5.32 Å². The molecule has 0 spiro atoms. The Labute approximate surface area is 90.2 Å². The first-order valence-corrected chi connectivity index (χ1v) is 4.52. The highest BCUT2D eigenvalue weighted by molar-refractivity contribution is 5.78. The number of carbonyl (C=O) groups excluding carboxylic acids is 1. The maximum Gasteiger partial charge on any atom is 0.401 e. The van der Waals surface area contributed by atoms with Crippen LogP contribution in [0.5, 0.6) is 0 Å². The molecule has 0 aromatic carbocycles. The number of alkyl halides is 3. The third-order valence-electron chi connectivity index (χ3n) is 1.50. The molecule has 0 saturated carbocycles. The summed E-state index contributed by atoms with van der Waals surface area (Å²) in [6, 6.07) is 0. The van der Waals surface area contributed by atoms with Crippen LogP contribution in [0.15, 0.2) is 0 Å². The van der Waals surface area contributed by atoms with Crippen molar-refractivity contribution in [1.29, 1.82) is 0 Å². The number of rotatable bonds is 6. The fourth-order valence-electron chi connectivity index (χ4n) is 1.07. The second-order valence-corrected chi connectivity index (χ2v) is 3.11. The van der Waals surface area contributed by atoms with Gasteiger partial charge in [-0.25, -0.2) is 0 Å². The predicted octanol–water partition coefficient (Wildman–Crippen LogP) is 0.0714. The first-order chi connectivity index (χ1) is 7.24. The number of carboxylic acid groups (broad SMARTS) is 1. The van der Waals surface area contributed by atoms with E-state index in [1.165, 1.54) is 0 Å². The van der Waals surface area contributed by atoms with Gasteiger partial charge in [-0.15, -0.1) is 0 Å². The van der Waals surface area contributed by atoms with Crippen LogP contribution in [-0.2, 0) is 9.59 Å². The summed E-state index contributed by atoms with van der Waals surface area (Å²) in [5.74, 6) is -2.04. The Morgan fingerprint density at radius 1 is 1.31 bits per heavy atom. The zero-order valence-corrected chi connectivity index (χ0v) is 8.67. The molecule has 0 bridgehead atoms. The van der Waals surface area contributed by atoms with Gasteiger partial charge in [-0.3, -0.25) is 14.5 Å². The standard InChI is InChI=1S/C8H13F3N2O3/c1-2-12-6(14)3-13(4-7(15)16)5-8(9,10)11/h2-5H2,1H3,(H,12,14)(H,15,16). The minimum Gasteiger partial charge on any atom is -0.480 e. The van der Waals surface area contributed by atoms with Gasteiger partial charge in [0, 0.05) is 6.54 Å². The number of aliphatic carboxylic acids is 1. The molecule has 1 amide bonds. The summed E-state index contributed by atoms with van der Waals surface area (Å²) in [6.07, 6.45) is -4.53. The molecule has 0 aliphatic carbocycles. The number of amides is 1. The summed E-state index contributed by atoms with van der Waals surface area (Å²) in [4.78, 5) is 21.8. The van der Waals surface area contributed by atoms with Crippen molar-refractivity contribution in [1.82, 2.24) is 10.2 Å². The number of nitrogens with one attached hydrogen (secondary N) is 1. The molecule has 0 rings (SSSR count). The van der Waals surface area contributed by atoms with Crippen molar-refractivity contribution >= 4 is 11.9 Å². The molecule has 94 valence electrons. The van der Waals surface area contributed by atoms with Crippen LogP contribution in [0, 0.1) is 0 Å². The molecule has 0 aliphatic heterocycles. The van der Waals surface area contributed by atoms with Gasteiger partial charge in [0.2, 0.25) is 5.91 Å². The Balaban J connectivity index is 4.31. The summed E-state index contributed by atoms with van der Waals surface area (Å²) >= 11 is 0. The van der Waals surface area contributed by atoms with E-state index in [4.69, 9.17) is 5.11 Å². The highest BCUT2D eigenvalue weighted by Gasteiger charge is 2.32. The van der Waals surface area contributed by atoms with Crippen molar-refractivity contribution in [3.05, 3.63) is 0 Å². The zero-order chi connectivity index (χ0) is 12.8. The maximum atomic E-state index is 12.0. The van der Waals surface area contributed by atoms with Gasteiger partial charge in [0.05, 0.1) is 19.6 Å². The van der Waals surface area contributed by atoms with Gasteiger partial charge in [-0.2, -0.15) is 13.2 Å². The van der Waals surface area contributed by atoms with E-state index in [1.54, 1.807) is 6.92 Å². The molecule has 2 N–H and O–H groups in total. The fraction of sp³-hybridized carbons (Fsp3) is 0.750. The Kier molecular flexibility index (Phi) is 5.79.